The van der Waals surface area contributed by atoms with Crippen LogP contribution in [0.2, 0.25) is 0 Å². The van der Waals surface area contributed by atoms with Gasteiger partial charge in [-0.05, 0) is 42.8 Å². The SMILES string of the molecule is CCCOc1ccc(C(=O)CCC(=O)OCC(O)=C(C#N)c2nc3ccccc3[nH]2)cc1. The van der Waals surface area contributed by atoms with Crippen molar-refractivity contribution in [2.24, 2.45) is 0 Å². The minimum Gasteiger partial charge on any atom is -0.507 e. The number of nitriles is 1. The summed E-state index contributed by atoms with van der Waals surface area (Å²) in [4.78, 5) is 31.5. The van der Waals surface area contributed by atoms with Gasteiger partial charge in [0, 0.05) is 12.0 Å². The molecule has 0 radical (unpaired) electrons. The minimum absolute atomic E-state index is 0.0346. The Balaban J connectivity index is 1.53. The molecular formula is C24H23N3O5. The number of ether oxygens (including phenoxy) is 2. The summed E-state index contributed by atoms with van der Waals surface area (Å²) in [5.74, 6) is -0.418. The van der Waals surface area contributed by atoms with Crippen LogP contribution in [0.4, 0.5) is 0 Å². The maximum Gasteiger partial charge on any atom is 0.306 e. The van der Waals surface area contributed by atoms with Crippen molar-refractivity contribution in [1.29, 1.82) is 5.26 Å². The number of carbonyl (C=O) groups is 2. The molecule has 0 spiro atoms. The molecule has 0 amide bonds. The van der Waals surface area contributed by atoms with E-state index in [1.54, 1.807) is 42.5 Å². The van der Waals surface area contributed by atoms with Crippen molar-refractivity contribution in [2.75, 3.05) is 13.2 Å². The van der Waals surface area contributed by atoms with E-state index in [1.165, 1.54) is 0 Å². The zero-order valence-corrected chi connectivity index (χ0v) is 17.6. The number of para-hydroxylation sites is 2. The molecule has 32 heavy (non-hydrogen) atoms. The summed E-state index contributed by atoms with van der Waals surface area (Å²) in [5, 5.41) is 19.6. The van der Waals surface area contributed by atoms with E-state index in [0.29, 0.717) is 29.0 Å². The fourth-order valence-electron chi connectivity index (χ4n) is 2.94. The molecule has 0 saturated carbocycles. The third-order valence-electron chi connectivity index (χ3n) is 4.60. The molecule has 0 atom stereocenters. The molecule has 3 rings (SSSR count). The van der Waals surface area contributed by atoms with Crippen LogP contribution in [0.1, 0.15) is 42.4 Å². The smallest absolute Gasteiger partial charge is 0.306 e. The monoisotopic (exact) mass is 433 g/mol. The first-order chi connectivity index (χ1) is 15.5. The lowest BCUT2D eigenvalue weighted by Gasteiger charge is -2.07. The third kappa shape index (κ3) is 5.73. The Bertz CT molecular complexity index is 1140. The van der Waals surface area contributed by atoms with Gasteiger partial charge in [-0.1, -0.05) is 19.1 Å². The number of nitrogens with zero attached hydrogens (tertiary/aromatic N) is 2. The molecular weight excluding hydrogens is 410 g/mol. The standard InChI is InChI=1S/C24H23N3O5/c1-2-13-31-17-9-7-16(8-10-17)21(28)11-12-23(30)32-15-22(29)18(14-25)24-26-19-5-3-4-6-20(19)27-24/h3-10,29H,2,11-13,15H2,1H3,(H,26,27). The number of H-pyrrole nitrogens is 1. The molecule has 164 valence electrons. The predicted molar refractivity (Wildman–Crippen MR) is 118 cm³/mol. The fraction of sp³-hybridized carbons (Fsp3) is 0.250. The number of carbonyl (C=O) groups excluding carboxylic acids is 2. The number of aromatic amines is 1. The van der Waals surface area contributed by atoms with Gasteiger partial charge in [-0.2, -0.15) is 5.26 Å². The van der Waals surface area contributed by atoms with E-state index in [1.807, 2.05) is 19.1 Å². The quantitative estimate of drug-likeness (QED) is 0.211. The first-order valence-electron chi connectivity index (χ1n) is 10.2. The molecule has 0 fully saturated rings. The first kappa shape index (κ1) is 22.6. The van der Waals surface area contributed by atoms with Crippen LogP contribution in [0.5, 0.6) is 5.75 Å². The van der Waals surface area contributed by atoms with E-state index in [4.69, 9.17) is 9.47 Å². The Morgan fingerprint density at radius 1 is 1.12 bits per heavy atom. The molecule has 2 aromatic carbocycles. The average Bonchev–Trinajstić information content (AvgIpc) is 3.24. The molecule has 0 aliphatic carbocycles. The van der Waals surface area contributed by atoms with Crippen molar-refractivity contribution in [1.82, 2.24) is 9.97 Å². The Morgan fingerprint density at radius 2 is 1.88 bits per heavy atom. The molecule has 1 aromatic heterocycles. The number of hydrogen-bond acceptors (Lipinski definition) is 7. The second kappa shape index (κ2) is 10.8. The number of aliphatic hydroxyl groups is 1. The summed E-state index contributed by atoms with van der Waals surface area (Å²) in [6.45, 7) is 2.12. The van der Waals surface area contributed by atoms with Crippen LogP contribution in [-0.4, -0.2) is 40.0 Å². The Morgan fingerprint density at radius 3 is 2.56 bits per heavy atom. The lowest BCUT2D eigenvalue weighted by Crippen LogP contribution is -2.11. The number of hydrogen-bond donors (Lipinski definition) is 2. The molecule has 0 aliphatic rings. The van der Waals surface area contributed by atoms with Crippen LogP contribution in [0.15, 0.2) is 54.3 Å². The van der Waals surface area contributed by atoms with Gasteiger partial charge in [0.05, 0.1) is 24.1 Å². The van der Waals surface area contributed by atoms with Gasteiger partial charge >= 0.3 is 5.97 Å². The maximum absolute atomic E-state index is 12.3. The highest BCUT2D eigenvalue weighted by atomic mass is 16.5. The topological polar surface area (TPSA) is 125 Å². The zero-order chi connectivity index (χ0) is 22.9. The summed E-state index contributed by atoms with van der Waals surface area (Å²) in [5.41, 5.74) is 1.71. The van der Waals surface area contributed by atoms with E-state index < -0.39 is 18.3 Å². The predicted octanol–water partition coefficient (Wildman–Crippen LogP) is 4.35. The molecule has 0 saturated heterocycles. The van der Waals surface area contributed by atoms with Crippen molar-refractivity contribution in [3.05, 3.63) is 65.7 Å². The summed E-state index contributed by atoms with van der Waals surface area (Å²) in [6.07, 6.45) is 0.710. The molecule has 8 heteroatoms. The number of aromatic nitrogens is 2. The van der Waals surface area contributed by atoms with Gasteiger partial charge in [0.25, 0.3) is 0 Å². The number of Topliss-reactive ketones (excluding diaryl/α,β-unsaturated/α-hetero) is 1. The van der Waals surface area contributed by atoms with Crippen molar-refractivity contribution < 1.29 is 24.2 Å². The van der Waals surface area contributed by atoms with Crippen molar-refractivity contribution in [3.8, 4) is 11.8 Å². The van der Waals surface area contributed by atoms with Crippen molar-refractivity contribution in [2.45, 2.75) is 26.2 Å². The number of aliphatic hydroxyl groups excluding tert-OH is 1. The van der Waals surface area contributed by atoms with Gasteiger partial charge in [0.1, 0.15) is 24.0 Å². The fourth-order valence-corrected chi connectivity index (χ4v) is 2.94. The van der Waals surface area contributed by atoms with Gasteiger partial charge in [-0.25, -0.2) is 4.98 Å². The number of allylic oxidation sites excluding steroid dienone is 1. The molecule has 0 unspecified atom stereocenters. The normalized spacial score (nSPS) is 11.5. The molecule has 0 aliphatic heterocycles. The zero-order valence-electron chi connectivity index (χ0n) is 17.6. The summed E-state index contributed by atoms with van der Waals surface area (Å²) in [7, 11) is 0. The lowest BCUT2D eigenvalue weighted by molar-refractivity contribution is -0.143. The van der Waals surface area contributed by atoms with Crippen LogP contribution in [0.3, 0.4) is 0 Å². The molecule has 0 bridgehead atoms. The van der Waals surface area contributed by atoms with Gasteiger partial charge in [0.15, 0.2) is 17.4 Å². The Labute approximate surface area is 185 Å². The van der Waals surface area contributed by atoms with Gasteiger partial charge in [0.2, 0.25) is 0 Å². The van der Waals surface area contributed by atoms with Crippen LogP contribution in [0, 0.1) is 11.3 Å². The van der Waals surface area contributed by atoms with E-state index in [2.05, 4.69) is 9.97 Å². The van der Waals surface area contributed by atoms with Gasteiger partial charge in [-0.15, -0.1) is 0 Å². The van der Waals surface area contributed by atoms with Gasteiger partial charge in [-0.3, -0.25) is 9.59 Å². The molecule has 2 N–H and O–H groups in total. The number of ketones is 1. The molecule has 3 aromatic rings. The number of benzene rings is 2. The number of nitrogens with one attached hydrogen (secondary N) is 1. The van der Waals surface area contributed by atoms with Crippen molar-refractivity contribution >= 4 is 28.4 Å². The number of imidazole rings is 1. The molecule has 1 heterocycles. The number of fused-ring (bicyclic) bond motifs is 1. The second-order valence-corrected chi connectivity index (χ2v) is 6.99. The molecule has 8 nitrogen and oxygen atoms in total. The third-order valence-corrected chi connectivity index (χ3v) is 4.60. The average molecular weight is 433 g/mol. The first-order valence-corrected chi connectivity index (χ1v) is 10.2. The largest absolute Gasteiger partial charge is 0.507 e. The van der Waals surface area contributed by atoms with E-state index in [0.717, 1.165) is 6.42 Å². The second-order valence-electron chi connectivity index (χ2n) is 6.99. The minimum atomic E-state index is -0.658. The van der Waals surface area contributed by atoms with Crippen LogP contribution < -0.4 is 4.74 Å². The van der Waals surface area contributed by atoms with Gasteiger partial charge < -0.3 is 19.6 Å². The number of esters is 1. The van der Waals surface area contributed by atoms with Crippen LogP contribution >= 0.6 is 0 Å². The Hall–Kier alpha value is -4.12. The summed E-state index contributed by atoms with van der Waals surface area (Å²) in [6, 6.07) is 15.8. The van der Waals surface area contributed by atoms with Crippen LogP contribution in [0.25, 0.3) is 16.6 Å². The van der Waals surface area contributed by atoms with E-state index >= 15 is 0 Å². The summed E-state index contributed by atoms with van der Waals surface area (Å²) >= 11 is 0. The number of rotatable bonds is 10. The van der Waals surface area contributed by atoms with Crippen molar-refractivity contribution in [3.63, 3.8) is 0 Å². The highest BCUT2D eigenvalue weighted by molar-refractivity contribution is 5.97. The highest BCUT2D eigenvalue weighted by Crippen LogP contribution is 2.19. The van der Waals surface area contributed by atoms with E-state index in [9.17, 15) is 20.0 Å². The maximum atomic E-state index is 12.3. The summed E-state index contributed by atoms with van der Waals surface area (Å²) < 4.78 is 10.5. The highest BCUT2D eigenvalue weighted by Gasteiger charge is 2.16. The lowest BCUT2D eigenvalue weighted by atomic mass is 10.1. The van der Waals surface area contributed by atoms with Crippen LogP contribution in [-0.2, 0) is 9.53 Å². The van der Waals surface area contributed by atoms with E-state index in [-0.39, 0.29) is 30.0 Å². The Kier molecular flexibility index (Phi) is 7.60.